The molecule has 4 saturated carbocycles. The molecule has 4 nitrogen and oxygen atoms in total. The Morgan fingerprint density at radius 1 is 1.27 bits per heavy atom. The van der Waals surface area contributed by atoms with E-state index in [1.165, 1.54) is 44.9 Å². The standard InChI is InChI=1S/C18H27N3O/c1-13(21-5-4-19-12-21)17(22)20-3-2-18-9-14-6-15(10-18)8-16(7-14)11-18/h4-5,12-16H,2-3,6-11H2,1H3,(H,20,22). The van der Waals surface area contributed by atoms with Crippen molar-refractivity contribution in [2.75, 3.05) is 6.54 Å². The Morgan fingerprint density at radius 2 is 1.91 bits per heavy atom. The van der Waals surface area contributed by atoms with Crippen LogP contribution in [0.4, 0.5) is 0 Å². The molecule has 4 bridgehead atoms. The van der Waals surface area contributed by atoms with E-state index in [4.69, 9.17) is 0 Å². The summed E-state index contributed by atoms with van der Waals surface area (Å²) in [5.41, 5.74) is 0.556. The minimum Gasteiger partial charge on any atom is -0.354 e. The van der Waals surface area contributed by atoms with Crippen LogP contribution in [0, 0.1) is 23.2 Å². The first kappa shape index (κ1) is 14.3. The van der Waals surface area contributed by atoms with E-state index in [9.17, 15) is 4.79 Å². The maximum Gasteiger partial charge on any atom is 0.242 e. The molecule has 0 radical (unpaired) electrons. The molecule has 1 N–H and O–H groups in total. The summed E-state index contributed by atoms with van der Waals surface area (Å²) < 4.78 is 1.86. The van der Waals surface area contributed by atoms with Crippen molar-refractivity contribution in [2.24, 2.45) is 23.2 Å². The topological polar surface area (TPSA) is 46.9 Å². The fourth-order valence-corrected chi connectivity index (χ4v) is 5.83. The van der Waals surface area contributed by atoms with Crippen molar-refractivity contribution in [3.8, 4) is 0 Å². The zero-order valence-electron chi connectivity index (χ0n) is 13.5. The summed E-state index contributed by atoms with van der Waals surface area (Å²) in [6.07, 6.45) is 15.2. The highest BCUT2D eigenvalue weighted by Crippen LogP contribution is 2.61. The van der Waals surface area contributed by atoms with Crippen LogP contribution >= 0.6 is 0 Å². The van der Waals surface area contributed by atoms with Gasteiger partial charge in [0.2, 0.25) is 5.91 Å². The van der Waals surface area contributed by atoms with E-state index in [0.717, 1.165) is 24.3 Å². The number of hydrogen-bond donors (Lipinski definition) is 1. The maximum atomic E-state index is 12.3. The maximum absolute atomic E-state index is 12.3. The highest BCUT2D eigenvalue weighted by atomic mass is 16.2. The third-order valence-corrected chi connectivity index (χ3v) is 6.47. The Balaban J connectivity index is 1.31. The molecule has 4 aliphatic rings. The molecule has 1 heterocycles. The molecular formula is C18H27N3O. The van der Waals surface area contributed by atoms with E-state index < -0.39 is 0 Å². The Bertz CT molecular complexity index is 501. The van der Waals surface area contributed by atoms with Gasteiger partial charge in [0.15, 0.2) is 0 Å². The molecule has 4 aliphatic carbocycles. The van der Waals surface area contributed by atoms with Gasteiger partial charge in [-0.25, -0.2) is 4.98 Å². The largest absolute Gasteiger partial charge is 0.354 e. The van der Waals surface area contributed by atoms with Crippen molar-refractivity contribution >= 4 is 5.91 Å². The van der Waals surface area contributed by atoms with Crippen LogP contribution in [0.1, 0.15) is 57.9 Å². The van der Waals surface area contributed by atoms with E-state index in [1.807, 2.05) is 17.7 Å². The van der Waals surface area contributed by atoms with Crippen LogP contribution in [0.25, 0.3) is 0 Å². The number of nitrogens with zero attached hydrogens (tertiary/aromatic N) is 2. The zero-order chi connectivity index (χ0) is 15.2. The van der Waals surface area contributed by atoms with Gasteiger partial charge in [-0.15, -0.1) is 0 Å². The number of nitrogens with one attached hydrogen (secondary N) is 1. The first-order chi connectivity index (χ1) is 10.6. The number of amides is 1. The quantitative estimate of drug-likeness (QED) is 0.908. The molecule has 0 aromatic carbocycles. The number of hydrogen-bond acceptors (Lipinski definition) is 2. The monoisotopic (exact) mass is 301 g/mol. The highest BCUT2D eigenvalue weighted by Gasteiger charge is 2.50. The van der Waals surface area contributed by atoms with E-state index in [0.29, 0.717) is 5.41 Å². The zero-order valence-corrected chi connectivity index (χ0v) is 13.5. The van der Waals surface area contributed by atoms with E-state index in [-0.39, 0.29) is 11.9 Å². The summed E-state index contributed by atoms with van der Waals surface area (Å²) in [7, 11) is 0. The molecule has 4 heteroatoms. The first-order valence-electron chi connectivity index (χ1n) is 8.89. The molecule has 1 aromatic rings. The summed E-state index contributed by atoms with van der Waals surface area (Å²) in [4.78, 5) is 16.3. The number of rotatable bonds is 5. The SMILES string of the molecule is CC(C(=O)NCCC12CC3CC(CC(C3)C1)C2)n1ccnc1. The average Bonchev–Trinajstić information content (AvgIpc) is 2.98. The van der Waals surface area contributed by atoms with Crippen molar-refractivity contribution < 1.29 is 4.79 Å². The Kier molecular flexibility index (Phi) is 3.50. The van der Waals surface area contributed by atoms with Crippen molar-refractivity contribution in [3.63, 3.8) is 0 Å². The second kappa shape index (κ2) is 5.39. The summed E-state index contributed by atoms with van der Waals surface area (Å²) in [6.45, 7) is 2.77. The minimum absolute atomic E-state index is 0.114. The first-order valence-corrected chi connectivity index (χ1v) is 8.89. The fourth-order valence-electron chi connectivity index (χ4n) is 5.83. The second-order valence-electron chi connectivity index (χ2n) is 8.14. The molecule has 120 valence electrons. The summed E-state index contributed by atoms with van der Waals surface area (Å²) >= 11 is 0. The molecule has 1 unspecified atom stereocenters. The Morgan fingerprint density at radius 3 is 2.45 bits per heavy atom. The van der Waals surface area contributed by atoms with Gasteiger partial charge in [0, 0.05) is 18.9 Å². The van der Waals surface area contributed by atoms with Gasteiger partial charge in [0.25, 0.3) is 0 Å². The van der Waals surface area contributed by atoms with Gasteiger partial charge < -0.3 is 9.88 Å². The molecule has 0 saturated heterocycles. The lowest BCUT2D eigenvalue weighted by molar-refractivity contribution is -0.124. The molecule has 5 rings (SSSR count). The predicted octanol–water partition coefficient (Wildman–Crippen LogP) is 3.17. The van der Waals surface area contributed by atoms with Crippen LogP contribution in [-0.4, -0.2) is 22.0 Å². The molecule has 1 aromatic heterocycles. The molecule has 1 amide bonds. The third kappa shape index (κ3) is 2.57. The number of aromatic nitrogens is 2. The van der Waals surface area contributed by atoms with Gasteiger partial charge in [-0.2, -0.15) is 0 Å². The van der Waals surface area contributed by atoms with Crippen LogP contribution in [0.15, 0.2) is 18.7 Å². The summed E-state index contributed by atoms with van der Waals surface area (Å²) in [5, 5.41) is 3.16. The molecular weight excluding hydrogens is 274 g/mol. The van der Waals surface area contributed by atoms with Gasteiger partial charge in [0.05, 0.1) is 6.33 Å². The van der Waals surface area contributed by atoms with Crippen molar-refractivity contribution in [1.82, 2.24) is 14.9 Å². The van der Waals surface area contributed by atoms with Gasteiger partial charge in [-0.3, -0.25) is 4.79 Å². The van der Waals surface area contributed by atoms with E-state index in [2.05, 4.69) is 10.3 Å². The smallest absolute Gasteiger partial charge is 0.242 e. The molecule has 0 aliphatic heterocycles. The van der Waals surface area contributed by atoms with Gasteiger partial charge >= 0.3 is 0 Å². The minimum atomic E-state index is -0.168. The van der Waals surface area contributed by atoms with Gasteiger partial charge in [-0.05, 0) is 75.0 Å². The molecule has 4 fully saturated rings. The van der Waals surface area contributed by atoms with Crippen LogP contribution in [0.2, 0.25) is 0 Å². The lowest BCUT2D eigenvalue weighted by atomic mass is 9.49. The van der Waals surface area contributed by atoms with Crippen molar-refractivity contribution in [3.05, 3.63) is 18.7 Å². The third-order valence-electron chi connectivity index (χ3n) is 6.47. The highest BCUT2D eigenvalue weighted by molar-refractivity contribution is 5.79. The van der Waals surface area contributed by atoms with Crippen LogP contribution in [0.3, 0.4) is 0 Å². The Labute approximate surface area is 132 Å². The predicted molar refractivity (Wildman–Crippen MR) is 85.2 cm³/mol. The summed E-state index contributed by atoms with van der Waals surface area (Å²) in [6, 6.07) is -0.168. The fraction of sp³-hybridized carbons (Fsp3) is 0.778. The van der Waals surface area contributed by atoms with Crippen molar-refractivity contribution in [1.29, 1.82) is 0 Å². The lowest BCUT2D eigenvalue weighted by Crippen LogP contribution is -2.47. The summed E-state index contributed by atoms with van der Waals surface area (Å²) in [5.74, 6) is 3.09. The van der Waals surface area contributed by atoms with Gasteiger partial charge in [-0.1, -0.05) is 0 Å². The van der Waals surface area contributed by atoms with E-state index >= 15 is 0 Å². The lowest BCUT2D eigenvalue weighted by Gasteiger charge is -2.57. The Hall–Kier alpha value is -1.32. The normalized spacial score (nSPS) is 37.2. The number of carbonyl (C=O) groups excluding carboxylic acids is 1. The van der Waals surface area contributed by atoms with Crippen LogP contribution in [-0.2, 0) is 4.79 Å². The van der Waals surface area contributed by atoms with Gasteiger partial charge in [0.1, 0.15) is 6.04 Å². The van der Waals surface area contributed by atoms with Crippen LogP contribution in [0.5, 0.6) is 0 Å². The molecule has 1 atom stereocenters. The average molecular weight is 301 g/mol. The van der Waals surface area contributed by atoms with E-state index in [1.54, 1.807) is 12.5 Å². The molecule has 22 heavy (non-hydrogen) atoms. The molecule has 0 spiro atoms. The second-order valence-corrected chi connectivity index (χ2v) is 8.14. The number of imidazole rings is 1. The van der Waals surface area contributed by atoms with Crippen molar-refractivity contribution in [2.45, 2.75) is 57.9 Å². The number of carbonyl (C=O) groups is 1. The van der Waals surface area contributed by atoms with Crippen LogP contribution < -0.4 is 5.32 Å².